The molecule has 8 atom stereocenters. The molecular weight excluding hydrogens is 448 g/mol. The van der Waals surface area contributed by atoms with Crippen molar-refractivity contribution in [2.75, 3.05) is 0 Å². The third-order valence-electron chi connectivity index (χ3n) is 10.8. The largest absolute Gasteiger partial charge is 0.296 e. The van der Waals surface area contributed by atoms with E-state index in [1.54, 1.807) is 12.1 Å². The highest BCUT2D eigenvalue weighted by atomic mass is 32.2. The third kappa shape index (κ3) is 4.44. The molecule has 0 bridgehead atoms. The summed E-state index contributed by atoms with van der Waals surface area (Å²) in [6.07, 6.45) is 12.7. The molecule has 34 heavy (non-hydrogen) atoms. The van der Waals surface area contributed by atoms with Crippen LogP contribution in [0.4, 0.5) is 8.78 Å². The van der Waals surface area contributed by atoms with Crippen LogP contribution in [0.5, 0.6) is 0 Å². The van der Waals surface area contributed by atoms with Crippen molar-refractivity contribution in [2.45, 2.75) is 102 Å². The molecule has 0 radical (unpaired) electrons. The van der Waals surface area contributed by atoms with Crippen LogP contribution in [0.3, 0.4) is 0 Å². The van der Waals surface area contributed by atoms with E-state index in [1.807, 2.05) is 0 Å². The van der Waals surface area contributed by atoms with Gasteiger partial charge in [0.15, 0.2) is 0 Å². The molecule has 4 fully saturated rings. The van der Waals surface area contributed by atoms with Gasteiger partial charge in [-0.2, -0.15) is 0 Å². The highest BCUT2D eigenvalue weighted by Crippen LogP contribution is 2.68. The van der Waals surface area contributed by atoms with E-state index in [9.17, 15) is 13.6 Å². The van der Waals surface area contributed by atoms with Crippen LogP contribution in [0.15, 0.2) is 29.2 Å². The molecule has 0 aliphatic heterocycles. The number of rotatable bonds is 6. The Morgan fingerprint density at radius 1 is 0.971 bits per heavy atom. The van der Waals surface area contributed by atoms with Gasteiger partial charge < -0.3 is 0 Å². The molecule has 0 spiro atoms. The second kappa shape index (κ2) is 9.75. The molecule has 1 N–H and O–H groups in total. The first kappa shape index (κ1) is 24.6. The zero-order valence-corrected chi connectivity index (χ0v) is 21.6. The fourth-order valence-electron chi connectivity index (χ4n) is 9.09. The number of amides is 1. The standard InChI is InChI=1S/C29H41F2NOS/c1-28-18-16-24-22(13-15-25-26(31)6-4-17-29(24,25)2)23(28)14-8-19(28)5-3-7-27(33)32-34-21-11-9-20(30)10-12-21/h9-12,19,22-26H,3-8,13-18H2,1-2H3,(H,32,33). The van der Waals surface area contributed by atoms with E-state index in [0.29, 0.717) is 23.7 Å². The highest BCUT2D eigenvalue weighted by molar-refractivity contribution is 7.98. The summed E-state index contributed by atoms with van der Waals surface area (Å²) in [6.45, 7) is 4.99. The lowest BCUT2D eigenvalue weighted by Gasteiger charge is -2.61. The molecule has 0 saturated heterocycles. The summed E-state index contributed by atoms with van der Waals surface area (Å²) in [5.41, 5.74) is 0.619. The quantitative estimate of drug-likeness (QED) is 0.409. The summed E-state index contributed by atoms with van der Waals surface area (Å²) >= 11 is 1.27. The topological polar surface area (TPSA) is 29.1 Å². The second-order valence-electron chi connectivity index (χ2n) is 12.3. The number of hydrogen-bond acceptors (Lipinski definition) is 2. The Kier molecular flexibility index (Phi) is 7.05. The SMILES string of the molecule is CC12CCC3C(CCC4C(F)CCCC43C)C1CCC2CCCC(=O)NSc1ccc(F)cc1. The minimum Gasteiger partial charge on any atom is -0.296 e. The van der Waals surface area contributed by atoms with Crippen molar-refractivity contribution in [3.8, 4) is 0 Å². The fraction of sp³-hybridized carbons (Fsp3) is 0.759. The van der Waals surface area contributed by atoms with Gasteiger partial charge in [0.25, 0.3) is 0 Å². The van der Waals surface area contributed by atoms with Gasteiger partial charge in [0.05, 0.1) is 0 Å². The molecule has 1 aromatic rings. The van der Waals surface area contributed by atoms with E-state index in [2.05, 4.69) is 18.6 Å². The van der Waals surface area contributed by atoms with Crippen molar-refractivity contribution in [1.29, 1.82) is 0 Å². The van der Waals surface area contributed by atoms with Gasteiger partial charge in [0.1, 0.15) is 12.0 Å². The summed E-state index contributed by atoms with van der Waals surface area (Å²) in [5, 5.41) is 0. The number of carbonyl (C=O) groups excluding carboxylic acids is 1. The van der Waals surface area contributed by atoms with Gasteiger partial charge in [-0.3, -0.25) is 9.52 Å². The summed E-state index contributed by atoms with van der Waals surface area (Å²) in [5.74, 6) is 3.10. The van der Waals surface area contributed by atoms with Crippen molar-refractivity contribution in [3.63, 3.8) is 0 Å². The Balaban J connectivity index is 1.14. The van der Waals surface area contributed by atoms with Gasteiger partial charge >= 0.3 is 0 Å². The number of fused-ring (bicyclic) bond motifs is 5. The van der Waals surface area contributed by atoms with Gasteiger partial charge in [-0.25, -0.2) is 8.78 Å². The average Bonchev–Trinajstić information content (AvgIpc) is 3.15. The van der Waals surface area contributed by atoms with E-state index < -0.39 is 6.17 Å². The van der Waals surface area contributed by atoms with Crippen molar-refractivity contribution < 1.29 is 13.6 Å². The smallest absolute Gasteiger partial charge is 0.230 e. The minimum atomic E-state index is -0.572. The maximum Gasteiger partial charge on any atom is 0.230 e. The number of carbonyl (C=O) groups is 1. The highest BCUT2D eigenvalue weighted by Gasteiger charge is 2.60. The Bertz CT molecular complexity index is 877. The number of benzene rings is 1. The Labute approximate surface area is 208 Å². The molecule has 4 aliphatic rings. The molecule has 1 aromatic carbocycles. The lowest BCUT2D eigenvalue weighted by Crippen LogP contribution is -2.54. The van der Waals surface area contributed by atoms with E-state index in [-0.39, 0.29) is 17.1 Å². The number of nitrogens with one attached hydrogen (secondary N) is 1. The van der Waals surface area contributed by atoms with Gasteiger partial charge in [-0.05, 0) is 147 Å². The summed E-state index contributed by atoms with van der Waals surface area (Å²) in [7, 11) is 0. The summed E-state index contributed by atoms with van der Waals surface area (Å²) < 4.78 is 30.8. The lowest BCUT2D eigenvalue weighted by molar-refractivity contribution is -0.130. The Hall–Kier alpha value is -1.10. The first-order valence-corrected chi connectivity index (χ1v) is 14.5. The predicted octanol–water partition coefficient (Wildman–Crippen LogP) is 8.12. The first-order valence-electron chi connectivity index (χ1n) is 13.7. The molecule has 4 saturated carbocycles. The van der Waals surface area contributed by atoms with Crippen LogP contribution in [-0.4, -0.2) is 12.1 Å². The van der Waals surface area contributed by atoms with Crippen LogP contribution >= 0.6 is 11.9 Å². The van der Waals surface area contributed by atoms with Crippen LogP contribution in [0.2, 0.25) is 0 Å². The number of hydrogen-bond donors (Lipinski definition) is 1. The van der Waals surface area contributed by atoms with Crippen LogP contribution in [0.1, 0.15) is 90.9 Å². The Morgan fingerprint density at radius 2 is 1.71 bits per heavy atom. The fourth-order valence-corrected chi connectivity index (χ4v) is 9.70. The molecule has 4 aliphatic carbocycles. The molecule has 0 heterocycles. The van der Waals surface area contributed by atoms with E-state index in [1.165, 1.54) is 62.6 Å². The predicted molar refractivity (Wildman–Crippen MR) is 134 cm³/mol. The maximum absolute atomic E-state index is 14.9. The van der Waals surface area contributed by atoms with Crippen LogP contribution < -0.4 is 4.72 Å². The third-order valence-corrected chi connectivity index (χ3v) is 11.7. The van der Waals surface area contributed by atoms with Crippen molar-refractivity contribution >= 4 is 17.9 Å². The summed E-state index contributed by atoms with van der Waals surface area (Å²) in [4.78, 5) is 13.2. The molecule has 0 aromatic heterocycles. The zero-order valence-electron chi connectivity index (χ0n) is 20.8. The van der Waals surface area contributed by atoms with E-state index >= 15 is 0 Å². The van der Waals surface area contributed by atoms with E-state index in [4.69, 9.17) is 0 Å². The average molecular weight is 490 g/mol. The minimum absolute atomic E-state index is 0.0575. The van der Waals surface area contributed by atoms with Crippen LogP contribution in [0.25, 0.3) is 0 Å². The van der Waals surface area contributed by atoms with Gasteiger partial charge in [-0.15, -0.1) is 0 Å². The molecular formula is C29H41F2NOS. The van der Waals surface area contributed by atoms with Crippen LogP contribution in [0, 0.1) is 46.2 Å². The first-order chi connectivity index (χ1) is 16.3. The van der Waals surface area contributed by atoms with Crippen molar-refractivity contribution in [1.82, 2.24) is 4.72 Å². The molecule has 2 nitrogen and oxygen atoms in total. The number of alkyl halides is 1. The maximum atomic E-state index is 14.9. The normalized spacial score (nSPS) is 41.3. The molecule has 8 unspecified atom stereocenters. The summed E-state index contributed by atoms with van der Waals surface area (Å²) in [6, 6.07) is 6.20. The monoisotopic (exact) mass is 489 g/mol. The molecule has 188 valence electrons. The van der Waals surface area contributed by atoms with Gasteiger partial charge in [0.2, 0.25) is 5.91 Å². The van der Waals surface area contributed by atoms with Crippen molar-refractivity contribution in [3.05, 3.63) is 30.1 Å². The van der Waals surface area contributed by atoms with Crippen molar-refractivity contribution in [2.24, 2.45) is 40.4 Å². The molecule has 5 rings (SSSR count). The second-order valence-corrected chi connectivity index (χ2v) is 13.1. The van der Waals surface area contributed by atoms with Gasteiger partial charge in [0, 0.05) is 11.3 Å². The molecule has 5 heteroatoms. The number of halogens is 2. The zero-order chi connectivity index (χ0) is 23.9. The molecule has 1 amide bonds. The van der Waals surface area contributed by atoms with Gasteiger partial charge in [-0.1, -0.05) is 13.8 Å². The Morgan fingerprint density at radius 3 is 2.50 bits per heavy atom. The van der Waals surface area contributed by atoms with E-state index in [0.717, 1.165) is 54.8 Å². The lowest BCUT2D eigenvalue weighted by atomic mass is 9.44. The van der Waals surface area contributed by atoms with Crippen LogP contribution in [-0.2, 0) is 4.79 Å².